The van der Waals surface area contributed by atoms with E-state index < -0.39 is 54.0 Å². The van der Waals surface area contributed by atoms with E-state index in [4.69, 9.17) is 19.3 Å². The summed E-state index contributed by atoms with van der Waals surface area (Å²) >= 11 is 0. The number of ether oxygens (including phenoxy) is 3. The fourth-order valence-electron chi connectivity index (χ4n) is 6.89. The van der Waals surface area contributed by atoms with Crippen LogP contribution in [0.3, 0.4) is 0 Å². The van der Waals surface area contributed by atoms with Crippen molar-refractivity contribution in [2.45, 2.75) is 61.4 Å². The van der Waals surface area contributed by atoms with E-state index in [1.54, 1.807) is 42.5 Å². The van der Waals surface area contributed by atoms with Crippen molar-refractivity contribution >= 4 is 17.9 Å². The molecule has 3 N–H and O–H groups in total. The first-order chi connectivity index (χ1) is 18.7. The number of aliphatic hydroxyl groups is 1. The van der Waals surface area contributed by atoms with Crippen molar-refractivity contribution in [1.82, 2.24) is 4.90 Å². The summed E-state index contributed by atoms with van der Waals surface area (Å²) in [6.45, 7) is 0.677. The molecule has 2 heterocycles. The Morgan fingerprint density at radius 2 is 1.92 bits per heavy atom. The van der Waals surface area contributed by atoms with E-state index in [0.717, 1.165) is 11.1 Å². The van der Waals surface area contributed by atoms with Gasteiger partial charge in [-0.3, -0.25) is 9.59 Å². The van der Waals surface area contributed by atoms with Crippen LogP contribution in [0.5, 0.6) is 11.5 Å². The first kappa shape index (κ1) is 25.4. The molecule has 2 aromatic carbocycles. The Morgan fingerprint density at radius 1 is 1.15 bits per heavy atom. The summed E-state index contributed by atoms with van der Waals surface area (Å²) in [5.41, 5.74) is -0.0371. The summed E-state index contributed by atoms with van der Waals surface area (Å²) in [4.78, 5) is 39.0. The topological polar surface area (TPSA) is 143 Å². The SMILES string of the molecule is CN1CCC23c4c5ccc(O)c4OC2C(OC(=O)[C@@H](OC(=O)CCC(=O)O)c2ccccc2)=CC[C@@]3(O)[C@H]1C5. The number of carbonyl (C=O) groups is 3. The molecule has 6 rings (SSSR count). The van der Waals surface area contributed by atoms with Gasteiger partial charge in [-0.2, -0.15) is 0 Å². The third-order valence-electron chi connectivity index (χ3n) is 8.68. The molecule has 2 aliphatic carbocycles. The Bertz CT molecular complexity index is 1390. The summed E-state index contributed by atoms with van der Waals surface area (Å²) < 4.78 is 17.6. The van der Waals surface area contributed by atoms with Gasteiger partial charge in [0.1, 0.15) is 5.76 Å². The number of likely N-dealkylation sites (tertiary alicyclic amines) is 1. The highest BCUT2D eigenvalue weighted by Gasteiger charge is 2.72. The van der Waals surface area contributed by atoms with E-state index in [1.165, 1.54) is 0 Å². The second kappa shape index (κ2) is 9.10. The van der Waals surface area contributed by atoms with Crippen molar-refractivity contribution < 1.29 is 43.9 Å². The van der Waals surface area contributed by atoms with Crippen LogP contribution in [-0.4, -0.2) is 69.5 Å². The number of benzene rings is 2. The monoisotopic (exact) mass is 535 g/mol. The normalized spacial score (nSPS) is 28.9. The molecule has 2 bridgehead atoms. The summed E-state index contributed by atoms with van der Waals surface area (Å²) in [6.07, 6.45) is -0.179. The molecule has 39 heavy (non-hydrogen) atoms. The molecule has 204 valence electrons. The van der Waals surface area contributed by atoms with Gasteiger partial charge in [-0.05, 0) is 44.1 Å². The highest BCUT2D eigenvalue weighted by Crippen LogP contribution is 2.65. The number of carboxylic acids is 1. The molecule has 10 heteroatoms. The van der Waals surface area contributed by atoms with Crippen molar-refractivity contribution in [3.63, 3.8) is 0 Å². The van der Waals surface area contributed by atoms with Gasteiger partial charge in [-0.15, -0.1) is 0 Å². The van der Waals surface area contributed by atoms with E-state index in [0.29, 0.717) is 30.7 Å². The molecule has 0 radical (unpaired) electrons. The van der Waals surface area contributed by atoms with Crippen LogP contribution in [0.25, 0.3) is 0 Å². The van der Waals surface area contributed by atoms with Gasteiger partial charge in [-0.25, -0.2) is 4.79 Å². The summed E-state index contributed by atoms with van der Waals surface area (Å²) in [5, 5.41) is 31.8. The van der Waals surface area contributed by atoms with Crippen molar-refractivity contribution in [3.05, 3.63) is 71.0 Å². The van der Waals surface area contributed by atoms with E-state index in [9.17, 15) is 24.6 Å². The van der Waals surface area contributed by atoms with Crippen LogP contribution in [0.4, 0.5) is 0 Å². The lowest BCUT2D eigenvalue weighted by Gasteiger charge is -2.61. The summed E-state index contributed by atoms with van der Waals surface area (Å²) in [7, 11) is 1.98. The van der Waals surface area contributed by atoms with E-state index in [2.05, 4.69) is 4.90 Å². The molecule has 10 nitrogen and oxygen atoms in total. The number of carboxylic acid groups (broad SMARTS) is 1. The molecule has 5 atom stereocenters. The largest absolute Gasteiger partial charge is 0.504 e. The molecular weight excluding hydrogens is 506 g/mol. The van der Waals surface area contributed by atoms with E-state index in [-0.39, 0.29) is 24.0 Å². The molecule has 0 amide bonds. The summed E-state index contributed by atoms with van der Waals surface area (Å²) in [5.74, 6) is -2.45. The molecule has 4 aliphatic rings. The van der Waals surface area contributed by atoms with Crippen LogP contribution in [-0.2, 0) is 35.7 Å². The number of phenols is 1. The van der Waals surface area contributed by atoms with E-state index >= 15 is 0 Å². The molecule has 1 spiro atoms. The van der Waals surface area contributed by atoms with Crippen LogP contribution >= 0.6 is 0 Å². The average Bonchev–Trinajstić information content (AvgIpc) is 3.28. The number of likely N-dealkylation sites (N-methyl/N-ethyl adjacent to an activating group) is 1. The number of piperidine rings is 1. The van der Waals surface area contributed by atoms with Crippen LogP contribution in [0, 0.1) is 0 Å². The maximum Gasteiger partial charge on any atom is 0.357 e. The molecule has 2 unspecified atom stereocenters. The second-order valence-corrected chi connectivity index (χ2v) is 10.7. The Hall–Kier alpha value is -3.89. The average molecular weight is 536 g/mol. The van der Waals surface area contributed by atoms with Crippen LogP contribution < -0.4 is 4.74 Å². The number of aromatic hydroxyl groups is 1. The van der Waals surface area contributed by atoms with Crippen molar-refractivity contribution in [2.24, 2.45) is 0 Å². The molecular formula is C29H29NO9. The Balaban J connectivity index is 1.35. The molecule has 1 saturated heterocycles. The predicted molar refractivity (Wildman–Crippen MR) is 135 cm³/mol. The van der Waals surface area contributed by atoms with Crippen LogP contribution in [0.2, 0.25) is 0 Å². The van der Waals surface area contributed by atoms with Crippen molar-refractivity contribution in [2.75, 3.05) is 13.6 Å². The highest BCUT2D eigenvalue weighted by molar-refractivity contribution is 5.83. The van der Waals surface area contributed by atoms with E-state index in [1.807, 2.05) is 13.1 Å². The van der Waals surface area contributed by atoms with Gasteiger partial charge in [0.25, 0.3) is 0 Å². The maximum atomic E-state index is 13.5. The molecule has 2 aliphatic heterocycles. The minimum Gasteiger partial charge on any atom is -0.504 e. The van der Waals surface area contributed by atoms with Gasteiger partial charge in [-0.1, -0.05) is 36.4 Å². The first-order valence-corrected chi connectivity index (χ1v) is 13.0. The lowest BCUT2D eigenvalue weighted by atomic mass is 9.50. The third kappa shape index (κ3) is 3.73. The Kier molecular flexibility index (Phi) is 5.92. The molecule has 0 aromatic heterocycles. The number of esters is 2. The van der Waals surface area contributed by atoms with Crippen LogP contribution in [0.1, 0.15) is 48.5 Å². The smallest absolute Gasteiger partial charge is 0.357 e. The lowest BCUT2D eigenvalue weighted by Crippen LogP contribution is -2.74. The van der Waals surface area contributed by atoms with Crippen molar-refractivity contribution in [1.29, 1.82) is 0 Å². The van der Waals surface area contributed by atoms with Gasteiger partial charge in [0.2, 0.25) is 6.10 Å². The standard InChI is InChI=1S/C29H29NO9/c1-30-14-13-28-23-17-7-8-18(31)25(23)39-26(28)19(11-12-29(28,36)20(30)15-17)37-27(35)24(16-5-3-2-4-6-16)38-22(34)10-9-21(32)33/h2-8,11,20,24,26,31,36H,9-10,12-15H2,1H3,(H,32,33)/t20-,24+,26?,28?,29-/m1/s1. The molecule has 0 saturated carbocycles. The van der Waals surface area contributed by atoms with Gasteiger partial charge >= 0.3 is 17.9 Å². The Morgan fingerprint density at radius 3 is 2.67 bits per heavy atom. The summed E-state index contributed by atoms with van der Waals surface area (Å²) in [6, 6.07) is 11.6. The van der Waals surface area contributed by atoms with Gasteiger partial charge in [0.05, 0.1) is 23.9 Å². The number of carbonyl (C=O) groups excluding carboxylic acids is 2. The zero-order chi connectivity index (χ0) is 27.5. The minimum atomic E-state index is -1.43. The maximum absolute atomic E-state index is 13.5. The Labute approximate surface area is 224 Å². The number of hydrogen-bond acceptors (Lipinski definition) is 9. The minimum absolute atomic E-state index is 0.0440. The van der Waals surface area contributed by atoms with Gasteiger partial charge in [0.15, 0.2) is 17.6 Å². The quantitative estimate of drug-likeness (QED) is 0.452. The van der Waals surface area contributed by atoms with Crippen LogP contribution in [0.15, 0.2) is 54.3 Å². The molecule has 1 fully saturated rings. The van der Waals surface area contributed by atoms with Crippen molar-refractivity contribution in [3.8, 4) is 11.5 Å². The lowest BCUT2D eigenvalue weighted by molar-refractivity contribution is -0.176. The fourth-order valence-corrected chi connectivity index (χ4v) is 6.89. The molecule has 2 aromatic rings. The van der Waals surface area contributed by atoms with Gasteiger partial charge < -0.3 is 34.4 Å². The number of phenolic OH excluding ortho intramolecular Hbond substituents is 1. The first-order valence-electron chi connectivity index (χ1n) is 13.0. The fraction of sp³-hybridized carbons (Fsp3) is 0.414. The third-order valence-corrected chi connectivity index (χ3v) is 8.68. The number of rotatable bonds is 7. The number of nitrogens with zero attached hydrogens (tertiary/aromatic N) is 1. The number of aliphatic carboxylic acids is 1. The predicted octanol–water partition coefficient (Wildman–Crippen LogP) is 2.36. The number of hydrogen-bond donors (Lipinski definition) is 3. The zero-order valence-corrected chi connectivity index (χ0v) is 21.3. The zero-order valence-electron chi connectivity index (χ0n) is 21.3. The highest BCUT2D eigenvalue weighted by atomic mass is 16.6. The van der Waals surface area contributed by atoms with Gasteiger partial charge in [0, 0.05) is 23.6 Å². The second-order valence-electron chi connectivity index (χ2n) is 10.7.